The largest absolute Gasteiger partial charge is 0.352 e. The van der Waals surface area contributed by atoms with Crippen LogP contribution in [0.5, 0.6) is 0 Å². The first kappa shape index (κ1) is 16.1. The van der Waals surface area contributed by atoms with Crippen LogP contribution in [0, 0.1) is 0 Å². The molecule has 25 heavy (non-hydrogen) atoms. The highest BCUT2D eigenvalue weighted by atomic mass is 16.1. The van der Waals surface area contributed by atoms with E-state index in [1.54, 1.807) is 0 Å². The van der Waals surface area contributed by atoms with E-state index < -0.39 is 0 Å². The number of fused-ring (bicyclic) bond motifs is 1. The second-order valence-electron chi connectivity index (χ2n) is 7.09. The molecule has 1 aromatic carbocycles. The van der Waals surface area contributed by atoms with E-state index in [9.17, 15) is 4.79 Å². The summed E-state index contributed by atoms with van der Waals surface area (Å²) in [5.41, 5.74) is 5.86. The van der Waals surface area contributed by atoms with Crippen molar-refractivity contribution < 1.29 is 4.79 Å². The minimum Gasteiger partial charge on any atom is -0.352 e. The average molecular weight is 336 g/mol. The van der Waals surface area contributed by atoms with Crippen molar-refractivity contribution in [1.29, 1.82) is 0 Å². The number of hydrogen-bond donors (Lipinski definition) is 1. The molecule has 2 aromatic rings. The van der Waals surface area contributed by atoms with Gasteiger partial charge in [-0.15, -0.1) is 0 Å². The van der Waals surface area contributed by atoms with E-state index in [2.05, 4.69) is 41.4 Å². The molecule has 1 atom stereocenters. The lowest BCUT2D eigenvalue weighted by Crippen LogP contribution is -2.46. The van der Waals surface area contributed by atoms with E-state index in [0.717, 1.165) is 48.6 Å². The predicted octanol–water partition coefficient (Wildman–Crippen LogP) is 2.87. The molecule has 1 N–H and O–H groups in total. The SMILES string of the molecule is CC(=O)NCc1ccc(-c2nc(N3CC[C@@H]3C)nc3c2CCC3)cc1. The van der Waals surface area contributed by atoms with E-state index >= 15 is 0 Å². The number of carbonyl (C=O) groups is 1. The molecule has 1 fully saturated rings. The Kier molecular flexibility index (Phi) is 4.15. The molecular weight excluding hydrogens is 312 g/mol. The summed E-state index contributed by atoms with van der Waals surface area (Å²) in [6, 6.07) is 8.90. The molecule has 5 nitrogen and oxygen atoms in total. The predicted molar refractivity (Wildman–Crippen MR) is 98.4 cm³/mol. The molecule has 4 rings (SSSR count). The van der Waals surface area contributed by atoms with Crippen LogP contribution in [-0.4, -0.2) is 28.5 Å². The van der Waals surface area contributed by atoms with Crippen LogP contribution >= 0.6 is 0 Å². The van der Waals surface area contributed by atoms with Crippen molar-refractivity contribution in [2.24, 2.45) is 0 Å². The molecule has 2 heterocycles. The zero-order valence-electron chi connectivity index (χ0n) is 14.9. The van der Waals surface area contributed by atoms with Crippen molar-refractivity contribution in [3.8, 4) is 11.3 Å². The molecule has 0 bridgehead atoms. The van der Waals surface area contributed by atoms with Gasteiger partial charge in [-0.2, -0.15) is 0 Å². The van der Waals surface area contributed by atoms with Gasteiger partial charge in [-0.1, -0.05) is 24.3 Å². The third-order valence-corrected chi connectivity index (χ3v) is 5.27. The standard InChI is InChI=1S/C20H24N4O/c1-13-10-11-24(13)20-22-18-5-3-4-17(18)19(23-20)16-8-6-15(7-9-16)12-21-14(2)25/h6-9,13H,3-5,10-12H2,1-2H3,(H,21,25)/t13-/m0/s1. The summed E-state index contributed by atoms with van der Waals surface area (Å²) in [5.74, 6) is 0.878. The number of nitrogens with zero attached hydrogens (tertiary/aromatic N) is 3. The molecule has 130 valence electrons. The lowest BCUT2D eigenvalue weighted by Gasteiger charge is -2.39. The van der Waals surface area contributed by atoms with Gasteiger partial charge in [0.25, 0.3) is 0 Å². The number of aromatic nitrogens is 2. The van der Waals surface area contributed by atoms with Crippen molar-refractivity contribution in [2.45, 2.75) is 52.1 Å². The summed E-state index contributed by atoms with van der Waals surface area (Å²) in [4.78, 5) is 23.1. The van der Waals surface area contributed by atoms with E-state index in [-0.39, 0.29) is 5.91 Å². The molecule has 1 amide bonds. The van der Waals surface area contributed by atoms with E-state index in [4.69, 9.17) is 9.97 Å². The fourth-order valence-electron chi connectivity index (χ4n) is 3.61. The van der Waals surface area contributed by atoms with Crippen LogP contribution in [-0.2, 0) is 24.2 Å². The second kappa shape index (κ2) is 6.47. The van der Waals surface area contributed by atoms with Crippen LogP contribution < -0.4 is 10.2 Å². The fraction of sp³-hybridized carbons (Fsp3) is 0.450. The van der Waals surface area contributed by atoms with E-state index in [1.807, 2.05) is 0 Å². The maximum Gasteiger partial charge on any atom is 0.226 e. The Bertz CT molecular complexity index is 800. The third-order valence-electron chi connectivity index (χ3n) is 5.27. The van der Waals surface area contributed by atoms with Gasteiger partial charge in [-0.25, -0.2) is 9.97 Å². The zero-order valence-corrected chi connectivity index (χ0v) is 14.9. The lowest BCUT2D eigenvalue weighted by molar-refractivity contribution is -0.119. The Morgan fingerprint density at radius 2 is 2.04 bits per heavy atom. The number of carbonyl (C=O) groups excluding carboxylic acids is 1. The average Bonchev–Trinajstić information content (AvgIpc) is 3.07. The topological polar surface area (TPSA) is 58.1 Å². The number of anilines is 1. The van der Waals surface area contributed by atoms with E-state index in [1.165, 1.54) is 24.6 Å². The molecule has 5 heteroatoms. The number of rotatable bonds is 4. The minimum atomic E-state index is -0.00833. The Hall–Kier alpha value is -2.43. The van der Waals surface area contributed by atoms with Crippen LogP contribution in [0.2, 0.25) is 0 Å². The highest BCUT2D eigenvalue weighted by Crippen LogP contribution is 2.33. The Morgan fingerprint density at radius 3 is 2.68 bits per heavy atom. The Labute approximate surface area is 148 Å². The molecule has 0 unspecified atom stereocenters. The molecule has 1 aliphatic carbocycles. The first-order valence-corrected chi connectivity index (χ1v) is 9.12. The number of nitrogens with one attached hydrogen (secondary N) is 1. The summed E-state index contributed by atoms with van der Waals surface area (Å²) in [5, 5.41) is 2.84. The quantitative estimate of drug-likeness (QED) is 0.933. The molecule has 1 aromatic heterocycles. The molecule has 0 saturated carbocycles. The zero-order chi connectivity index (χ0) is 17.4. The molecule has 0 radical (unpaired) electrons. The van der Waals surface area contributed by atoms with Crippen molar-refractivity contribution in [3.05, 3.63) is 41.1 Å². The first-order valence-electron chi connectivity index (χ1n) is 9.12. The van der Waals surface area contributed by atoms with Gasteiger partial charge in [0, 0.05) is 42.9 Å². The van der Waals surface area contributed by atoms with Crippen molar-refractivity contribution >= 4 is 11.9 Å². The summed E-state index contributed by atoms with van der Waals surface area (Å²) in [6.45, 7) is 5.39. The smallest absolute Gasteiger partial charge is 0.226 e. The number of benzene rings is 1. The molecule has 1 aliphatic heterocycles. The maximum atomic E-state index is 11.1. The lowest BCUT2D eigenvalue weighted by atomic mass is 10.0. The summed E-state index contributed by atoms with van der Waals surface area (Å²) in [6.07, 6.45) is 4.50. The van der Waals surface area contributed by atoms with Crippen molar-refractivity contribution in [2.75, 3.05) is 11.4 Å². The normalized spacial score (nSPS) is 18.6. The first-order chi connectivity index (χ1) is 12.1. The Morgan fingerprint density at radius 1 is 1.24 bits per heavy atom. The van der Waals surface area contributed by atoms with Gasteiger partial charge in [0.2, 0.25) is 11.9 Å². The van der Waals surface area contributed by atoms with Gasteiger partial charge in [0.05, 0.1) is 5.69 Å². The second-order valence-corrected chi connectivity index (χ2v) is 7.09. The number of hydrogen-bond acceptors (Lipinski definition) is 4. The van der Waals surface area contributed by atoms with Gasteiger partial charge in [-0.3, -0.25) is 4.79 Å². The van der Waals surface area contributed by atoms with Crippen LogP contribution in [0.15, 0.2) is 24.3 Å². The van der Waals surface area contributed by atoms with Crippen LogP contribution in [0.3, 0.4) is 0 Å². The van der Waals surface area contributed by atoms with Gasteiger partial charge < -0.3 is 10.2 Å². The van der Waals surface area contributed by atoms with Gasteiger partial charge in [-0.05, 0) is 38.2 Å². The van der Waals surface area contributed by atoms with Crippen molar-refractivity contribution in [1.82, 2.24) is 15.3 Å². The van der Waals surface area contributed by atoms with E-state index in [0.29, 0.717) is 12.6 Å². The van der Waals surface area contributed by atoms with Gasteiger partial charge in [0.15, 0.2) is 0 Å². The molecule has 1 saturated heterocycles. The monoisotopic (exact) mass is 336 g/mol. The minimum absolute atomic E-state index is 0.00833. The number of amides is 1. The van der Waals surface area contributed by atoms with Crippen LogP contribution in [0.4, 0.5) is 5.95 Å². The highest BCUT2D eigenvalue weighted by Gasteiger charge is 2.29. The van der Waals surface area contributed by atoms with Crippen LogP contribution in [0.1, 0.15) is 43.5 Å². The van der Waals surface area contributed by atoms with Crippen molar-refractivity contribution in [3.63, 3.8) is 0 Å². The molecule has 2 aliphatic rings. The van der Waals surface area contributed by atoms with Gasteiger partial charge in [0.1, 0.15) is 0 Å². The number of aryl methyl sites for hydroxylation is 1. The highest BCUT2D eigenvalue weighted by molar-refractivity contribution is 5.73. The van der Waals surface area contributed by atoms with Crippen LogP contribution in [0.25, 0.3) is 11.3 Å². The fourth-order valence-corrected chi connectivity index (χ4v) is 3.61. The third kappa shape index (κ3) is 3.11. The summed E-state index contributed by atoms with van der Waals surface area (Å²) < 4.78 is 0. The Balaban J connectivity index is 1.66. The molecule has 0 spiro atoms. The molecular formula is C20H24N4O. The summed E-state index contributed by atoms with van der Waals surface area (Å²) in [7, 11) is 0. The van der Waals surface area contributed by atoms with Gasteiger partial charge >= 0.3 is 0 Å². The maximum absolute atomic E-state index is 11.1. The summed E-state index contributed by atoms with van der Waals surface area (Å²) >= 11 is 0.